The number of thiophene rings is 1. The Morgan fingerprint density at radius 3 is 2.81 bits per heavy atom. The lowest BCUT2D eigenvalue weighted by Gasteiger charge is -2.09. The maximum atomic E-state index is 10.7. The van der Waals surface area contributed by atoms with Gasteiger partial charge in [0.1, 0.15) is 0 Å². The highest BCUT2D eigenvalue weighted by Crippen LogP contribution is 2.27. The van der Waals surface area contributed by atoms with E-state index >= 15 is 0 Å². The summed E-state index contributed by atoms with van der Waals surface area (Å²) in [6, 6.07) is 13.2. The summed E-state index contributed by atoms with van der Waals surface area (Å²) >= 11 is 1.73. The van der Waals surface area contributed by atoms with E-state index in [2.05, 4.69) is 22.8 Å². The molecule has 21 heavy (non-hydrogen) atoms. The summed E-state index contributed by atoms with van der Waals surface area (Å²) < 4.78 is 1.27. The third kappa shape index (κ3) is 2.73. The first-order valence-electron chi connectivity index (χ1n) is 6.59. The van der Waals surface area contributed by atoms with E-state index in [1.165, 1.54) is 21.7 Å². The monoisotopic (exact) mass is 298 g/mol. The standard InChI is InChI=1S/C16H14N2O2S/c1-11-8-13(18(19)20)6-7-15(11)17-9-12-10-21-16-5-3-2-4-14(12)16/h2-8,10,17H,9H2,1H3. The second-order valence-corrected chi connectivity index (χ2v) is 5.78. The molecule has 0 saturated heterocycles. The fraction of sp³-hybridized carbons (Fsp3) is 0.125. The molecule has 3 aromatic rings. The van der Waals surface area contributed by atoms with Gasteiger partial charge in [0.2, 0.25) is 0 Å². The van der Waals surface area contributed by atoms with Crippen LogP contribution < -0.4 is 5.32 Å². The van der Waals surface area contributed by atoms with Crippen molar-refractivity contribution in [3.05, 3.63) is 69.1 Å². The predicted octanol–water partition coefficient (Wildman–Crippen LogP) is 4.73. The number of benzene rings is 2. The summed E-state index contributed by atoms with van der Waals surface area (Å²) in [6.07, 6.45) is 0. The molecule has 0 aliphatic carbocycles. The van der Waals surface area contributed by atoms with Crippen LogP contribution in [0.25, 0.3) is 10.1 Å². The average molecular weight is 298 g/mol. The second-order valence-electron chi connectivity index (χ2n) is 4.87. The topological polar surface area (TPSA) is 55.2 Å². The first-order chi connectivity index (χ1) is 10.1. The quantitative estimate of drug-likeness (QED) is 0.559. The summed E-state index contributed by atoms with van der Waals surface area (Å²) in [4.78, 5) is 10.4. The zero-order valence-electron chi connectivity index (χ0n) is 11.5. The van der Waals surface area contributed by atoms with Crippen LogP contribution >= 0.6 is 11.3 Å². The van der Waals surface area contributed by atoms with Gasteiger partial charge in [-0.1, -0.05) is 18.2 Å². The summed E-state index contributed by atoms with van der Waals surface area (Å²) in [5, 5.41) is 17.5. The smallest absolute Gasteiger partial charge is 0.269 e. The van der Waals surface area contributed by atoms with Crippen molar-refractivity contribution in [2.24, 2.45) is 0 Å². The average Bonchev–Trinajstić information content (AvgIpc) is 2.89. The van der Waals surface area contributed by atoms with Gasteiger partial charge in [0, 0.05) is 29.1 Å². The molecule has 1 N–H and O–H groups in total. The van der Waals surface area contributed by atoms with Gasteiger partial charge in [-0.2, -0.15) is 0 Å². The molecule has 2 aromatic carbocycles. The van der Waals surface area contributed by atoms with E-state index in [0.717, 1.165) is 11.3 Å². The minimum atomic E-state index is -0.372. The van der Waals surface area contributed by atoms with Gasteiger partial charge in [-0.05, 0) is 40.9 Å². The number of nitro benzene ring substituents is 1. The molecule has 0 fully saturated rings. The van der Waals surface area contributed by atoms with Crippen LogP contribution in [0.15, 0.2) is 47.8 Å². The summed E-state index contributed by atoms with van der Waals surface area (Å²) in [7, 11) is 0. The number of anilines is 1. The number of fused-ring (bicyclic) bond motifs is 1. The molecule has 0 aliphatic heterocycles. The molecule has 0 spiro atoms. The highest BCUT2D eigenvalue weighted by molar-refractivity contribution is 7.17. The van der Waals surface area contributed by atoms with Crippen LogP contribution in [0.5, 0.6) is 0 Å². The maximum absolute atomic E-state index is 10.7. The van der Waals surface area contributed by atoms with Gasteiger partial charge in [-0.15, -0.1) is 11.3 Å². The lowest BCUT2D eigenvalue weighted by atomic mass is 10.1. The van der Waals surface area contributed by atoms with Crippen LogP contribution in [0.2, 0.25) is 0 Å². The molecule has 5 heteroatoms. The van der Waals surface area contributed by atoms with Crippen LogP contribution in [0.3, 0.4) is 0 Å². The minimum Gasteiger partial charge on any atom is -0.381 e. The Morgan fingerprint density at radius 1 is 1.24 bits per heavy atom. The molecular formula is C16H14N2O2S. The number of nitrogens with one attached hydrogen (secondary N) is 1. The molecule has 106 valence electrons. The van der Waals surface area contributed by atoms with Crippen LogP contribution in [0.1, 0.15) is 11.1 Å². The van der Waals surface area contributed by atoms with Crippen LogP contribution in [-0.2, 0) is 6.54 Å². The van der Waals surface area contributed by atoms with Crippen molar-refractivity contribution in [3.8, 4) is 0 Å². The number of aryl methyl sites for hydroxylation is 1. The third-order valence-corrected chi connectivity index (χ3v) is 4.46. The number of hydrogen-bond donors (Lipinski definition) is 1. The SMILES string of the molecule is Cc1cc([N+](=O)[O-])ccc1NCc1csc2ccccc12. The Hall–Kier alpha value is -2.40. The highest BCUT2D eigenvalue weighted by Gasteiger charge is 2.08. The van der Waals surface area contributed by atoms with Crippen molar-refractivity contribution in [2.45, 2.75) is 13.5 Å². The van der Waals surface area contributed by atoms with Gasteiger partial charge in [-0.3, -0.25) is 10.1 Å². The Balaban J connectivity index is 1.80. The van der Waals surface area contributed by atoms with E-state index in [-0.39, 0.29) is 10.6 Å². The van der Waals surface area contributed by atoms with Crippen LogP contribution in [0.4, 0.5) is 11.4 Å². The molecule has 0 radical (unpaired) electrons. The normalized spacial score (nSPS) is 10.7. The van der Waals surface area contributed by atoms with Gasteiger partial charge in [0.15, 0.2) is 0 Å². The first kappa shape index (κ1) is 13.6. The number of nitro groups is 1. The van der Waals surface area contributed by atoms with E-state index in [0.29, 0.717) is 6.54 Å². The van der Waals surface area contributed by atoms with E-state index in [1.807, 2.05) is 19.1 Å². The predicted molar refractivity (Wildman–Crippen MR) is 87.0 cm³/mol. The molecule has 0 bridgehead atoms. The zero-order chi connectivity index (χ0) is 14.8. The molecule has 4 nitrogen and oxygen atoms in total. The first-order valence-corrected chi connectivity index (χ1v) is 7.47. The lowest BCUT2D eigenvalue weighted by molar-refractivity contribution is -0.384. The highest BCUT2D eigenvalue weighted by atomic mass is 32.1. The van der Waals surface area contributed by atoms with Crippen molar-refractivity contribution in [1.29, 1.82) is 0 Å². The molecule has 0 amide bonds. The fourth-order valence-corrected chi connectivity index (χ4v) is 3.28. The van der Waals surface area contributed by atoms with Crippen molar-refractivity contribution in [3.63, 3.8) is 0 Å². The number of nitrogens with zero attached hydrogens (tertiary/aromatic N) is 1. The van der Waals surface area contributed by atoms with Gasteiger partial charge in [0.05, 0.1) is 4.92 Å². The summed E-state index contributed by atoms with van der Waals surface area (Å²) in [5.41, 5.74) is 3.17. The Kier molecular flexibility index (Phi) is 3.58. The van der Waals surface area contributed by atoms with Gasteiger partial charge in [-0.25, -0.2) is 0 Å². The Labute approximate surface area is 126 Å². The number of hydrogen-bond acceptors (Lipinski definition) is 4. The Morgan fingerprint density at radius 2 is 2.05 bits per heavy atom. The number of non-ortho nitro benzene ring substituents is 1. The van der Waals surface area contributed by atoms with Crippen molar-refractivity contribution >= 4 is 32.8 Å². The van der Waals surface area contributed by atoms with Crippen molar-refractivity contribution in [2.75, 3.05) is 5.32 Å². The second kappa shape index (κ2) is 5.54. The summed E-state index contributed by atoms with van der Waals surface area (Å²) in [5.74, 6) is 0. The molecule has 3 rings (SSSR count). The lowest BCUT2D eigenvalue weighted by Crippen LogP contribution is -2.01. The zero-order valence-corrected chi connectivity index (χ0v) is 12.3. The molecule has 0 saturated carbocycles. The molecule has 0 aliphatic rings. The maximum Gasteiger partial charge on any atom is 0.269 e. The number of rotatable bonds is 4. The van der Waals surface area contributed by atoms with E-state index in [4.69, 9.17) is 0 Å². The van der Waals surface area contributed by atoms with Gasteiger partial charge >= 0.3 is 0 Å². The Bertz CT molecular complexity index is 811. The third-order valence-electron chi connectivity index (χ3n) is 3.45. The van der Waals surface area contributed by atoms with Crippen LogP contribution in [0, 0.1) is 17.0 Å². The van der Waals surface area contributed by atoms with Gasteiger partial charge < -0.3 is 5.32 Å². The molecule has 0 unspecified atom stereocenters. The van der Waals surface area contributed by atoms with Crippen molar-refractivity contribution in [1.82, 2.24) is 0 Å². The fourth-order valence-electron chi connectivity index (χ4n) is 2.32. The van der Waals surface area contributed by atoms with Gasteiger partial charge in [0.25, 0.3) is 5.69 Å². The van der Waals surface area contributed by atoms with E-state index < -0.39 is 0 Å². The molecular weight excluding hydrogens is 284 g/mol. The largest absolute Gasteiger partial charge is 0.381 e. The molecule has 1 heterocycles. The van der Waals surface area contributed by atoms with E-state index in [9.17, 15) is 10.1 Å². The minimum absolute atomic E-state index is 0.124. The summed E-state index contributed by atoms with van der Waals surface area (Å²) in [6.45, 7) is 2.59. The van der Waals surface area contributed by atoms with Crippen LogP contribution in [-0.4, -0.2) is 4.92 Å². The van der Waals surface area contributed by atoms with Crippen molar-refractivity contribution < 1.29 is 4.92 Å². The van der Waals surface area contributed by atoms with E-state index in [1.54, 1.807) is 23.5 Å². The molecule has 0 atom stereocenters. The molecule has 1 aromatic heterocycles.